The van der Waals surface area contributed by atoms with E-state index in [2.05, 4.69) is 20.8 Å². The number of carbonyl (C=O) groups excluding carboxylic acids is 1. The van der Waals surface area contributed by atoms with E-state index in [1.807, 2.05) is 6.92 Å². The van der Waals surface area contributed by atoms with Crippen LogP contribution in [0.15, 0.2) is 36.5 Å². The molecule has 1 aromatic heterocycles. The van der Waals surface area contributed by atoms with Crippen molar-refractivity contribution in [1.29, 1.82) is 0 Å². The second-order valence-corrected chi connectivity index (χ2v) is 4.09. The Balaban J connectivity index is 2.11. The Morgan fingerprint density at radius 3 is 2.85 bits per heavy atom. The molecule has 0 atom stereocenters. The number of hydrogen-bond acceptors (Lipinski definition) is 4. The van der Waals surface area contributed by atoms with Gasteiger partial charge in [0.2, 0.25) is 0 Å². The van der Waals surface area contributed by atoms with Crippen molar-refractivity contribution in [2.75, 3.05) is 11.9 Å². The van der Waals surface area contributed by atoms with Crippen molar-refractivity contribution in [3.63, 3.8) is 0 Å². The molecule has 0 saturated carbocycles. The van der Waals surface area contributed by atoms with Crippen LogP contribution in [0.4, 0.5) is 10.1 Å². The van der Waals surface area contributed by atoms with E-state index < -0.39 is 5.82 Å². The molecule has 104 valence electrons. The predicted molar refractivity (Wildman–Crippen MR) is 73.8 cm³/mol. The number of aromatic nitrogens is 2. The van der Waals surface area contributed by atoms with Gasteiger partial charge in [0.1, 0.15) is 5.82 Å². The van der Waals surface area contributed by atoms with E-state index in [4.69, 9.17) is 0 Å². The Morgan fingerprint density at radius 1 is 1.30 bits per heavy atom. The van der Waals surface area contributed by atoms with Crippen molar-refractivity contribution in [3.05, 3.63) is 53.6 Å². The Kier molecular flexibility index (Phi) is 4.60. The van der Waals surface area contributed by atoms with Crippen molar-refractivity contribution in [2.24, 2.45) is 0 Å². The van der Waals surface area contributed by atoms with Crippen LogP contribution in [0.25, 0.3) is 0 Å². The number of rotatable bonds is 5. The van der Waals surface area contributed by atoms with E-state index in [-0.39, 0.29) is 23.7 Å². The number of anilines is 1. The minimum absolute atomic E-state index is 0.214. The summed E-state index contributed by atoms with van der Waals surface area (Å²) in [5.41, 5.74) is 1.13. The first-order valence-electron chi connectivity index (χ1n) is 6.29. The van der Waals surface area contributed by atoms with Crippen LogP contribution in [-0.2, 0) is 6.54 Å². The Labute approximate surface area is 116 Å². The van der Waals surface area contributed by atoms with E-state index in [1.54, 1.807) is 24.4 Å². The van der Waals surface area contributed by atoms with Gasteiger partial charge in [-0.15, -0.1) is 0 Å². The lowest BCUT2D eigenvalue weighted by molar-refractivity contribution is 0.0950. The molecule has 0 aliphatic heterocycles. The SMILES string of the molecule is CCNc1c(F)cccc1C(=O)NCc1cccnn1. The van der Waals surface area contributed by atoms with E-state index in [1.165, 1.54) is 12.1 Å². The molecule has 0 aliphatic rings. The Morgan fingerprint density at radius 2 is 2.15 bits per heavy atom. The molecule has 20 heavy (non-hydrogen) atoms. The number of nitrogens with one attached hydrogen (secondary N) is 2. The quantitative estimate of drug-likeness (QED) is 0.875. The number of amides is 1. The van der Waals surface area contributed by atoms with E-state index in [0.29, 0.717) is 12.2 Å². The average molecular weight is 274 g/mol. The number of nitrogens with zero attached hydrogens (tertiary/aromatic N) is 2. The molecular weight excluding hydrogens is 259 g/mol. The molecule has 2 aromatic rings. The van der Waals surface area contributed by atoms with Crippen LogP contribution >= 0.6 is 0 Å². The second-order valence-electron chi connectivity index (χ2n) is 4.09. The highest BCUT2D eigenvalue weighted by Gasteiger charge is 2.14. The first-order valence-corrected chi connectivity index (χ1v) is 6.29. The summed E-state index contributed by atoms with van der Waals surface area (Å²) in [5, 5.41) is 13.1. The van der Waals surface area contributed by atoms with E-state index >= 15 is 0 Å². The van der Waals surface area contributed by atoms with Gasteiger partial charge in [-0.25, -0.2) is 4.39 Å². The fourth-order valence-corrected chi connectivity index (χ4v) is 1.76. The smallest absolute Gasteiger partial charge is 0.253 e. The molecule has 0 radical (unpaired) electrons. The number of benzene rings is 1. The summed E-state index contributed by atoms with van der Waals surface area (Å²) in [6.45, 7) is 2.62. The van der Waals surface area contributed by atoms with E-state index in [0.717, 1.165) is 0 Å². The molecule has 0 aliphatic carbocycles. The molecular formula is C14H15FN4O. The van der Waals surface area contributed by atoms with Gasteiger partial charge in [0.15, 0.2) is 0 Å². The summed E-state index contributed by atoms with van der Waals surface area (Å²) < 4.78 is 13.7. The number of hydrogen-bond donors (Lipinski definition) is 2. The van der Waals surface area contributed by atoms with Crippen molar-refractivity contribution >= 4 is 11.6 Å². The molecule has 0 bridgehead atoms. The number of halogens is 1. The van der Waals surface area contributed by atoms with Crippen molar-refractivity contribution < 1.29 is 9.18 Å². The maximum atomic E-state index is 13.7. The number of carbonyl (C=O) groups is 1. The van der Waals surface area contributed by atoms with Crippen LogP contribution < -0.4 is 10.6 Å². The summed E-state index contributed by atoms with van der Waals surface area (Å²) in [7, 11) is 0. The zero-order valence-corrected chi connectivity index (χ0v) is 11.1. The van der Waals surface area contributed by atoms with Gasteiger partial charge in [-0.3, -0.25) is 4.79 Å². The molecule has 0 fully saturated rings. The molecule has 1 aromatic carbocycles. The fraction of sp³-hybridized carbons (Fsp3) is 0.214. The molecule has 0 unspecified atom stereocenters. The summed E-state index contributed by atoms with van der Waals surface area (Å²) in [6, 6.07) is 7.89. The lowest BCUT2D eigenvalue weighted by Crippen LogP contribution is -2.25. The number of para-hydroxylation sites is 1. The normalized spacial score (nSPS) is 10.1. The highest BCUT2D eigenvalue weighted by atomic mass is 19.1. The molecule has 0 spiro atoms. The molecule has 6 heteroatoms. The van der Waals surface area contributed by atoms with Crippen LogP contribution in [-0.4, -0.2) is 22.6 Å². The van der Waals surface area contributed by atoms with Gasteiger partial charge in [0.25, 0.3) is 5.91 Å². The summed E-state index contributed by atoms with van der Waals surface area (Å²) in [4.78, 5) is 12.1. The molecule has 1 amide bonds. The van der Waals surface area contributed by atoms with E-state index in [9.17, 15) is 9.18 Å². The first-order chi connectivity index (χ1) is 9.72. The summed E-state index contributed by atoms with van der Waals surface area (Å²) >= 11 is 0. The van der Waals surface area contributed by atoms with Crippen molar-refractivity contribution in [3.8, 4) is 0 Å². The van der Waals surface area contributed by atoms with Gasteiger partial charge in [0, 0.05) is 12.7 Å². The van der Waals surface area contributed by atoms with Crippen molar-refractivity contribution in [2.45, 2.75) is 13.5 Å². The standard InChI is InChI=1S/C14H15FN4O/c1-2-16-13-11(6-3-7-12(13)15)14(20)17-9-10-5-4-8-18-19-10/h3-8,16H,2,9H2,1H3,(H,17,20). The third kappa shape index (κ3) is 3.28. The van der Waals surface area contributed by atoms with Crippen LogP contribution in [0, 0.1) is 5.82 Å². The highest BCUT2D eigenvalue weighted by Crippen LogP contribution is 2.19. The molecule has 2 rings (SSSR count). The summed E-state index contributed by atoms with van der Waals surface area (Å²) in [6.07, 6.45) is 1.56. The van der Waals surface area contributed by atoms with Gasteiger partial charge in [-0.2, -0.15) is 10.2 Å². The monoisotopic (exact) mass is 274 g/mol. The lowest BCUT2D eigenvalue weighted by atomic mass is 10.1. The predicted octanol–water partition coefficient (Wildman–Crippen LogP) is 1.98. The Hall–Kier alpha value is -2.50. The molecule has 5 nitrogen and oxygen atoms in total. The average Bonchev–Trinajstić information content (AvgIpc) is 2.48. The van der Waals surface area contributed by atoms with Crippen molar-refractivity contribution in [1.82, 2.24) is 15.5 Å². The van der Waals surface area contributed by atoms with Gasteiger partial charge in [-0.05, 0) is 31.2 Å². The maximum absolute atomic E-state index is 13.7. The zero-order valence-electron chi connectivity index (χ0n) is 11.1. The van der Waals surface area contributed by atoms with Gasteiger partial charge in [0.05, 0.1) is 23.5 Å². The Bertz CT molecular complexity index is 589. The summed E-state index contributed by atoms with van der Waals surface area (Å²) in [5.74, 6) is -0.801. The largest absolute Gasteiger partial charge is 0.382 e. The maximum Gasteiger partial charge on any atom is 0.253 e. The van der Waals surface area contributed by atoms with Crippen LogP contribution in [0.2, 0.25) is 0 Å². The fourth-order valence-electron chi connectivity index (χ4n) is 1.76. The van der Waals surface area contributed by atoms with Crippen LogP contribution in [0.3, 0.4) is 0 Å². The minimum Gasteiger partial charge on any atom is -0.382 e. The third-order valence-corrected chi connectivity index (χ3v) is 2.67. The van der Waals surface area contributed by atoms with Gasteiger partial charge in [-0.1, -0.05) is 6.07 Å². The minimum atomic E-state index is -0.445. The lowest BCUT2D eigenvalue weighted by Gasteiger charge is -2.11. The second kappa shape index (κ2) is 6.60. The van der Waals surface area contributed by atoms with Crippen LogP contribution in [0.1, 0.15) is 23.0 Å². The van der Waals surface area contributed by atoms with Crippen LogP contribution in [0.5, 0.6) is 0 Å². The molecule has 0 saturated heterocycles. The third-order valence-electron chi connectivity index (χ3n) is 2.67. The van der Waals surface area contributed by atoms with Gasteiger partial charge < -0.3 is 10.6 Å². The topological polar surface area (TPSA) is 66.9 Å². The molecule has 1 heterocycles. The molecule has 2 N–H and O–H groups in total. The zero-order chi connectivity index (χ0) is 14.4. The first kappa shape index (κ1) is 13.9. The highest BCUT2D eigenvalue weighted by molar-refractivity contribution is 5.99. The van der Waals surface area contributed by atoms with Gasteiger partial charge >= 0.3 is 0 Å².